The number of benzene rings is 2. The molecule has 0 aliphatic heterocycles. The van der Waals surface area contributed by atoms with E-state index < -0.39 is 11.7 Å². The van der Waals surface area contributed by atoms with Crippen molar-refractivity contribution in [3.8, 4) is 5.69 Å². The van der Waals surface area contributed by atoms with Crippen LogP contribution in [-0.4, -0.2) is 33.6 Å². The molecule has 7 heteroatoms. The van der Waals surface area contributed by atoms with Gasteiger partial charge in [0.1, 0.15) is 0 Å². The molecule has 0 spiro atoms. The first-order valence-electron chi connectivity index (χ1n) is 13.6. The van der Waals surface area contributed by atoms with E-state index in [0.29, 0.717) is 18.3 Å². The zero-order valence-corrected chi connectivity index (χ0v) is 21.6. The number of aromatic nitrogens is 2. The summed E-state index contributed by atoms with van der Waals surface area (Å²) >= 11 is 0. The Bertz CT molecular complexity index is 1310. The summed E-state index contributed by atoms with van der Waals surface area (Å²) in [6, 6.07) is 18.2. The van der Waals surface area contributed by atoms with Crippen LogP contribution in [-0.2, 0) is 19.3 Å². The molecule has 2 heterocycles. The Morgan fingerprint density at radius 2 is 1.71 bits per heavy atom. The summed E-state index contributed by atoms with van der Waals surface area (Å²) in [4.78, 5) is 6.58. The molecule has 2 aromatic heterocycles. The minimum absolute atomic E-state index is 0.514. The predicted molar refractivity (Wildman–Crippen MR) is 146 cm³/mol. The van der Waals surface area contributed by atoms with Crippen LogP contribution in [0.1, 0.15) is 55.2 Å². The van der Waals surface area contributed by atoms with Crippen LogP contribution in [0.4, 0.5) is 13.2 Å². The molecule has 0 atom stereocenters. The third-order valence-electron chi connectivity index (χ3n) is 7.48. The highest BCUT2D eigenvalue weighted by Gasteiger charge is 2.30. The van der Waals surface area contributed by atoms with E-state index in [9.17, 15) is 13.2 Å². The second-order valence-corrected chi connectivity index (χ2v) is 10.3. The van der Waals surface area contributed by atoms with Gasteiger partial charge in [0.05, 0.1) is 11.1 Å². The lowest BCUT2D eigenvalue weighted by Crippen LogP contribution is -2.33. The fourth-order valence-electron chi connectivity index (χ4n) is 5.54. The fourth-order valence-corrected chi connectivity index (χ4v) is 5.54. The fraction of sp³-hybridized carbons (Fsp3) is 0.387. The van der Waals surface area contributed by atoms with Crippen LogP contribution < -0.4 is 5.32 Å². The van der Waals surface area contributed by atoms with E-state index in [1.165, 1.54) is 49.8 Å². The SMILES string of the molecule is FC(F)(F)c1cccc(-n2cc(CN(CCCNC3CCCCC3)Cc3ccncc3)c3ccccc32)c1. The number of nitrogens with one attached hydrogen (secondary N) is 1. The second-order valence-electron chi connectivity index (χ2n) is 10.3. The van der Waals surface area contributed by atoms with E-state index in [-0.39, 0.29) is 0 Å². The van der Waals surface area contributed by atoms with Crippen LogP contribution in [0.15, 0.2) is 79.3 Å². The molecule has 0 bridgehead atoms. The zero-order chi connectivity index (χ0) is 26.4. The molecule has 38 heavy (non-hydrogen) atoms. The average molecular weight is 521 g/mol. The largest absolute Gasteiger partial charge is 0.416 e. The van der Waals surface area contributed by atoms with E-state index in [1.54, 1.807) is 6.07 Å². The van der Waals surface area contributed by atoms with Gasteiger partial charge in [-0.05, 0) is 73.3 Å². The number of alkyl halides is 3. The molecule has 1 aliphatic carbocycles. The first kappa shape index (κ1) is 26.4. The molecular weight excluding hydrogens is 485 g/mol. The van der Waals surface area contributed by atoms with Gasteiger partial charge in [-0.25, -0.2) is 0 Å². The van der Waals surface area contributed by atoms with Crippen LogP contribution in [0.5, 0.6) is 0 Å². The Morgan fingerprint density at radius 1 is 0.921 bits per heavy atom. The lowest BCUT2D eigenvalue weighted by Gasteiger charge is -2.25. The molecular formula is C31H35F3N4. The van der Waals surface area contributed by atoms with Gasteiger partial charge in [-0.1, -0.05) is 43.5 Å². The van der Waals surface area contributed by atoms with Crippen molar-refractivity contribution < 1.29 is 13.2 Å². The lowest BCUT2D eigenvalue weighted by atomic mass is 9.95. The zero-order valence-electron chi connectivity index (χ0n) is 21.6. The van der Waals surface area contributed by atoms with Crippen LogP contribution in [0, 0.1) is 0 Å². The molecule has 0 saturated heterocycles. The van der Waals surface area contributed by atoms with Gasteiger partial charge in [-0.2, -0.15) is 13.2 Å². The highest BCUT2D eigenvalue weighted by atomic mass is 19.4. The number of hydrogen-bond acceptors (Lipinski definition) is 3. The first-order chi connectivity index (χ1) is 18.5. The van der Waals surface area contributed by atoms with E-state index in [4.69, 9.17) is 0 Å². The molecule has 1 N–H and O–H groups in total. The van der Waals surface area contributed by atoms with E-state index in [0.717, 1.165) is 48.6 Å². The molecule has 4 nitrogen and oxygen atoms in total. The number of nitrogens with zero attached hydrogens (tertiary/aromatic N) is 3. The standard InChI is InChI=1S/C31H35F3N4/c32-31(33,34)26-8-6-11-28(20-26)38-23-25(29-12-4-5-13-30(29)38)22-37(21-24-14-17-35-18-15-24)19-7-16-36-27-9-2-1-3-10-27/h4-6,8,11-15,17-18,20,23,27,36H,1-3,7,9-10,16,19,21-22H2. The van der Waals surface area contributed by atoms with Gasteiger partial charge in [0, 0.05) is 55.3 Å². The summed E-state index contributed by atoms with van der Waals surface area (Å²) in [5.41, 5.74) is 3.08. The summed E-state index contributed by atoms with van der Waals surface area (Å²) in [7, 11) is 0. The predicted octanol–water partition coefficient (Wildman–Crippen LogP) is 7.36. The normalized spacial score (nSPS) is 14.9. The van der Waals surface area contributed by atoms with Crippen molar-refractivity contribution in [2.24, 2.45) is 0 Å². The average Bonchev–Trinajstić information content (AvgIpc) is 3.30. The summed E-state index contributed by atoms with van der Waals surface area (Å²) in [5, 5.41) is 4.80. The highest BCUT2D eigenvalue weighted by molar-refractivity contribution is 5.85. The minimum atomic E-state index is -4.38. The Hall–Kier alpha value is -3.16. The molecule has 0 amide bonds. The van der Waals surface area contributed by atoms with Crippen molar-refractivity contribution in [2.75, 3.05) is 13.1 Å². The van der Waals surface area contributed by atoms with Crippen LogP contribution in [0.3, 0.4) is 0 Å². The van der Waals surface area contributed by atoms with Gasteiger partial charge in [-0.3, -0.25) is 9.88 Å². The van der Waals surface area contributed by atoms with Crippen molar-refractivity contribution in [1.29, 1.82) is 0 Å². The Morgan fingerprint density at radius 3 is 2.50 bits per heavy atom. The summed E-state index contributed by atoms with van der Waals surface area (Å²) in [6.45, 7) is 3.40. The van der Waals surface area contributed by atoms with Crippen molar-refractivity contribution in [3.63, 3.8) is 0 Å². The van der Waals surface area contributed by atoms with Gasteiger partial charge in [-0.15, -0.1) is 0 Å². The van der Waals surface area contributed by atoms with E-state index in [1.807, 2.05) is 53.5 Å². The summed E-state index contributed by atoms with van der Waals surface area (Å²) < 4.78 is 42.2. The minimum Gasteiger partial charge on any atom is -0.316 e. The second kappa shape index (κ2) is 12.1. The van der Waals surface area contributed by atoms with Gasteiger partial charge < -0.3 is 9.88 Å². The van der Waals surface area contributed by atoms with Gasteiger partial charge in [0.15, 0.2) is 0 Å². The molecule has 1 saturated carbocycles. The molecule has 1 fully saturated rings. The first-order valence-corrected chi connectivity index (χ1v) is 13.6. The summed E-state index contributed by atoms with van der Waals surface area (Å²) in [6.07, 6.45) is 8.83. The molecule has 200 valence electrons. The Labute approximate surface area is 222 Å². The molecule has 4 aromatic rings. The van der Waals surface area contributed by atoms with Crippen molar-refractivity contribution in [1.82, 2.24) is 19.8 Å². The third kappa shape index (κ3) is 6.63. The number of halogens is 3. The highest BCUT2D eigenvalue weighted by Crippen LogP contribution is 2.32. The molecule has 5 rings (SSSR count). The van der Waals surface area contributed by atoms with Gasteiger partial charge in [0.25, 0.3) is 0 Å². The molecule has 0 radical (unpaired) electrons. The number of rotatable bonds is 10. The van der Waals surface area contributed by atoms with E-state index in [2.05, 4.69) is 21.3 Å². The number of fused-ring (bicyclic) bond motifs is 1. The Kier molecular flexibility index (Phi) is 8.45. The summed E-state index contributed by atoms with van der Waals surface area (Å²) in [5.74, 6) is 0. The Balaban J connectivity index is 1.37. The van der Waals surface area contributed by atoms with Crippen LogP contribution in [0.2, 0.25) is 0 Å². The maximum absolute atomic E-state index is 13.4. The lowest BCUT2D eigenvalue weighted by molar-refractivity contribution is -0.137. The quantitative estimate of drug-likeness (QED) is 0.222. The smallest absolute Gasteiger partial charge is 0.316 e. The molecule has 0 unspecified atom stereocenters. The van der Waals surface area contributed by atoms with Gasteiger partial charge >= 0.3 is 6.18 Å². The topological polar surface area (TPSA) is 33.1 Å². The van der Waals surface area contributed by atoms with Gasteiger partial charge in [0.2, 0.25) is 0 Å². The number of para-hydroxylation sites is 1. The number of pyridine rings is 1. The molecule has 2 aromatic carbocycles. The van der Waals surface area contributed by atoms with Crippen molar-refractivity contribution >= 4 is 10.9 Å². The maximum Gasteiger partial charge on any atom is 0.416 e. The number of hydrogen-bond donors (Lipinski definition) is 1. The van der Waals surface area contributed by atoms with E-state index >= 15 is 0 Å². The third-order valence-corrected chi connectivity index (χ3v) is 7.48. The maximum atomic E-state index is 13.4. The van der Waals surface area contributed by atoms with Crippen molar-refractivity contribution in [2.45, 2.75) is 63.8 Å². The molecule has 1 aliphatic rings. The van der Waals surface area contributed by atoms with Crippen LogP contribution >= 0.6 is 0 Å². The van der Waals surface area contributed by atoms with Crippen molar-refractivity contribution in [3.05, 3.63) is 95.9 Å². The monoisotopic (exact) mass is 520 g/mol. The van der Waals surface area contributed by atoms with Crippen LogP contribution in [0.25, 0.3) is 16.6 Å².